The number of carbonyl (C=O) groups excluding carboxylic acids is 3. The molecule has 0 unspecified atom stereocenters. The minimum absolute atomic E-state index is 0.0856. The Hall–Kier alpha value is -2.42. The van der Waals surface area contributed by atoms with Gasteiger partial charge < -0.3 is 26.4 Å². The SMILES string of the molecule is COC(=O)CCNC(=O)C(=N)N(C)/C=C/CCN.NC=O. The van der Waals surface area contributed by atoms with Gasteiger partial charge >= 0.3 is 5.97 Å². The van der Waals surface area contributed by atoms with Crippen LogP contribution in [0.3, 0.4) is 0 Å². The minimum atomic E-state index is -0.543. The van der Waals surface area contributed by atoms with Crippen molar-refractivity contribution in [3.05, 3.63) is 12.3 Å². The van der Waals surface area contributed by atoms with Crippen LogP contribution >= 0.6 is 0 Å². The van der Waals surface area contributed by atoms with Gasteiger partial charge in [0, 0.05) is 19.8 Å². The number of nitrogens with zero attached hydrogens (tertiary/aromatic N) is 1. The topological polar surface area (TPSA) is 152 Å². The monoisotopic (exact) mass is 301 g/mol. The largest absolute Gasteiger partial charge is 0.469 e. The van der Waals surface area contributed by atoms with Crippen LogP contribution in [0.2, 0.25) is 0 Å². The molecule has 120 valence electrons. The molecule has 0 aromatic carbocycles. The van der Waals surface area contributed by atoms with Crippen molar-refractivity contribution in [1.82, 2.24) is 10.2 Å². The Kier molecular flexibility index (Phi) is 13.9. The van der Waals surface area contributed by atoms with Gasteiger partial charge in [-0.25, -0.2) is 0 Å². The molecule has 0 radical (unpaired) electrons. The fourth-order valence-corrected chi connectivity index (χ4v) is 1.03. The first kappa shape index (κ1) is 20.9. The lowest BCUT2D eigenvalue weighted by Crippen LogP contribution is -2.39. The maximum atomic E-state index is 11.5. The van der Waals surface area contributed by atoms with Gasteiger partial charge in [0.25, 0.3) is 5.91 Å². The zero-order valence-corrected chi connectivity index (χ0v) is 12.3. The van der Waals surface area contributed by atoms with E-state index < -0.39 is 11.9 Å². The van der Waals surface area contributed by atoms with Crippen LogP contribution in [-0.2, 0) is 19.1 Å². The van der Waals surface area contributed by atoms with Gasteiger partial charge in [-0.05, 0) is 13.0 Å². The van der Waals surface area contributed by atoms with E-state index in [1.165, 1.54) is 12.0 Å². The lowest BCUT2D eigenvalue weighted by molar-refractivity contribution is -0.140. The quantitative estimate of drug-likeness (QED) is 0.204. The summed E-state index contributed by atoms with van der Waals surface area (Å²) in [7, 11) is 2.87. The third-order valence-electron chi connectivity index (χ3n) is 2.07. The van der Waals surface area contributed by atoms with Crippen molar-refractivity contribution < 1.29 is 19.1 Å². The van der Waals surface area contributed by atoms with Crippen LogP contribution in [0.5, 0.6) is 0 Å². The molecule has 0 aliphatic rings. The van der Waals surface area contributed by atoms with E-state index in [0.717, 1.165) is 0 Å². The molecule has 0 bridgehead atoms. The van der Waals surface area contributed by atoms with Crippen LogP contribution in [0.15, 0.2) is 12.3 Å². The van der Waals surface area contributed by atoms with Crippen LogP contribution < -0.4 is 16.8 Å². The van der Waals surface area contributed by atoms with E-state index in [0.29, 0.717) is 13.0 Å². The van der Waals surface area contributed by atoms with Crippen molar-refractivity contribution in [1.29, 1.82) is 5.41 Å². The standard InChI is InChI=1S/C11H20N4O3.CH3NO/c1-15(8-4-3-6-12)10(13)11(17)14-7-5-9(16)18-2;2-1-3/h4,8,13H,3,5-7,12H2,1-2H3,(H,14,17);1H,(H2,2,3)/b8-4+,13-10?;. The Morgan fingerprint density at radius 1 is 1.43 bits per heavy atom. The number of ether oxygens (including phenoxy) is 1. The number of primary amides is 1. The van der Waals surface area contributed by atoms with E-state index in [4.69, 9.17) is 15.9 Å². The Labute approximate surface area is 123 Å². The highest BCUT2D eigenvalue weighted by molar-refractivity contribution is 6.36. The van der Waals surface area contributed by atoms with Gasteiger partial charge in [-0.3, -0.25) is 19.8 Å². The lowest BCUT2D eigenvalue weighted by atomic mass is 10.4. The van der Waals surface area contributed by atoms with Crippen LogP contribution in [0.4, 0.5) is 0 Å². The Morgan fingerprint density at radius 3 is 2.48 bits per heavy atom. The molecule has 0 aliphatic carbocycles. The minimum Gasteiger partial charge on any atom is -0.469 e. The van der Waals surface area contributed by atoms with Gasteiger partial charge in [0.1, 0.15) is 0 Å². The predicted molar refractivity (Wildman–Crippen MR) is 78.2 cm³/mol. The molecule has 0 saturated carbocycles. The van der Waals surface area contributed by atoms with E-state index in [1.807, 2.05) is 0 Å². The van der Waals surface area contributed by atoms with E-state index in [9.17, 15) is 9.59 Å². The maximum Gasteiger partial charge on any atom is 0.307 e. The van der Waals surface area contributed by atoms with Gasteiger partial charge in [0.05, 0.1) is 13.5 Å². The molecule has 0 aromatic rings. The summed E-state index contributed by atoms with van der Waals surface area (Å²) in [6.45, 7) is 0.664. The number of amides is 2. The fraction of sp³-hybridized carbons (Fsp3) is 0.500. The second-order valence-corrected chi connectivity index (χ2v) is 3.64. The fourth-order valence-electron chi connectivity index (χ4n) is 1.03. The number of hydrogen-bond donors (Lipinski definition) is 4. The highest BCUT2D eigenvalue weighted by atomic mass is 16.5. The molecule has 21 heavy (non-hydrogen) atoms. The Bertz CT molecular complexity index is 371. The molecule has 0 aromatic heterocycles. The molecule has 9 heteroatoms. The van der Waals surface area contributed by atoms with Crippen molar-refractivity contribution >= 4 is 24.1 Å². The summed E-state index contributed by atoms with van der Waals surface area (Å²) in [4.78, 5) is 32.3. The second-order valence-electron chi connectivity index (χ2n) is 3.64. The highest BCUT2D eigenvalue weighted by Crippen LogP contribution is 1.90. The molecule has 0 atom stereocenters. The lowest BCUT2D eigenvalue weighted by Gasteiger charge is -2.14. The molecule has 0 aliphatic heterocycles. The highest BCUT2D eigenvalue weighted by Gasteiger charge is 2.12. The summed E-state index contributed by atoms with van der Waals surface area (Å²) in [5.41, 5.74) is 9.48. The summed E-state index contributed by atoms with van der Waals surface area (Å²) in [6, 6.07) is 0. The van der Waals surface area contributed by atoms with Crippen LogP contribution in [-0.4, -0.2) is 56.3 Å². The van der Waals surface area contributed by atoms with Crippen LogP contribution in [0, 0.1) is 5.41 Å². The number of esters is 1. The Morgan fingerprint density at radius 2 is 2.00 bits per heavy atom. The number of rotatable bonds is 6. The van der Waals surface area contributed by atoms with Crippen molar-refractivity contribution in [2.24, 2.45) is 11.5 Å². The summed E-state index contributed by atoms with van der Waals surface area (Å²) < 4.78 is 4.43. The summed E-state index contributed by atoms with van der Waals surface area (Å²) in [6.07, 6.45) is 4.40. The van der Waals surface area contributed by atoms with Gasteiger partial charge in [0.15, 0.2) is 5.84 Å². The first-order chi connectivity index (χ1) is 9.94. The summed E-state index contributed by atoms with van der Waals surface area (Å²) >= 11 is 0. The van der Waals surface area contributed by atoms with Crippen molar-refractivity contribution in [3.63, 3.8) is 0 Å². The number of amidine groups is 1. The predicted octanol–water partition coefficient (Wildman–Crippen LogP) is -1.46. The van der Waals surface area contributed by atoms with Gasteiger partial charge in [-0.2, -0.15) is 0 Å². The first-order valence-corrected chi connectivity index (χ1v) is 6.13. The third-order valence-corrected chi connectivity index (χ3v) is 2.07. The van der Waals surface area contributed by atoms with Crippen LogP contribution in [0.1, 0.15) is 12.8 Å². The molecule has 6 N–H and O–H groups in total. The molecular weight excluding hydrogens is 278 g/mol. The molecular formula is C12H23N5O4. The maximum absolute atomic E-state index is 11.5. The van der Waals surface area contributed by atoms with Gasteiger partial charge in [-0.1, -0.05) is 6.08 Å². The van der Waals surface area contributed by atoms with E-state index >= 15 is 0 Å². The number of nitrogens with one attached hydrogen (secondary N) is 2. The molecule has 2 amide bonds. The van der Waals surface area contributed by atoms with E-state index in [-0.39, 0.29) is 25.2 Å². The smallest absolute Gasteiger partial charge is 0.307 e. The number of likely N-dealkylation sites (N-methyl/N-ethyl adjacent to an activating group) is 1. The number of nitrogens with two attached hydrogens (primary N) is 2. The Balaban J connectivity index is 0. The number of methoxy groups -OCH3 is 1. The number of hydrogen-bond acceptors (Lipinski definition) is 6. The normalized spacial score (nSPS) is 9.29. The molecule has 0 fully saturated rings. The molecule has 0 heterocycles. The summed E-state index contributed by atoms with van der Waals surface area (Å²) in [5.74, 6) is -1.15. The molecule has 9 nitrogen and oxygen atoms in total. The summed E-state index contributed by atoms with van der Waals surface area (Å²) in [5, 5.41) is 10.0. The zero-order chi connectivity index (χ0) is 16.7. The number of carbonyl (C=O) groups is 3. The molecule has 0 rings (SSSR count). The second kappa shape index (κ2) is 14.0. The van der Waals surface area contributed by atoms with E-state index in [1.54, 1.807) is 19.3 Å². The van der Waals surface area contributed by atoms with Crippen molar-refractivity contribution in [2.45, 2.75) is 12.8 Å². The third kappa shape index (κ3) is 12.4. The average molecular weight is 301 g/mol. The van der Waals surface area contributed by atoms with Crippen molar-refractivity contribution in [2.75, 3.05) is 27.2 Å². The van der Waals surface area contributed by atoms with E-state index in [2.05, 4.69) is 15.8 Å². The molecule has 0 spiro atoms. The van der Waals surface area contributed by atoms with Gasteiger partial charge in [0.2, 0.25) is 6.41 Å². The van der Waals surface area contributed by atoms with Gasteiger partial charge in [-0.15, -0.1) is 0 Å². The first-order valence-electron chi connectivity index (χ1n) is 6.13. The molecule has 0 saturated heterocycles. The van der Waals surface area contributed by atoms with Crippen LogP contribution in [0.25, 0.3) is 0 Å². The average Bonchev–Trinajstić information content (AvgIpc) is 2.46. The van der Waals surface area contributed by atoms with Crippen molar-refractivity contribution in [3.8, 4) is 0 Å². The zero-order valence-electron chi connectivity index (χ0n) is 12.3.